The van der Waals surface area contributed by atoms with Crippen LogP contribution in [0.15, 0.2) is 30.3 Å². The van der Waals surface area contributed by atoms with Crippen LogP contribution in [0.3, 0.4) is 0 Å². The lowest BCUT2D eigenvalue weighted by molar-refractivity contribution is -0.122. The fourth-order valence-electron chi connectivity index (χ4n) is 2.12. The second-order valence-electron chi connectivity index (χ2n) is 5.26. The summed E-state index contributed by atoms with van der Waals surface area (Å²) in [5.74, 6) is 0.209. The van der Waals surface area contributed by atoms with Crippen molar-refractivity contribution < 1.29 is 4.79 Å². The highest BCUT2D eigenvalue weighted by Gasteiger charge is 2.15. The van der Waals surface area contributed by atoms with Gasteiger partial charge in [0.15, 0.2) is 0 Å². The zero-order valence-electron chi connectivity index (χ0n) is 12.6. The molecule has 2 aromatic rings. The van der Waals surface area contributed by atoms with Crippen molar-refractivity contribution in [2.24, 2.45) is 5.73 Å². The summed E-state index contributed by atoms with van der Waals surface area (Å²) in [4.78, 5) is 16.3. The lowest BCUT2D eigenvalue weighted by Gasteiger charge is -2.13. The van der Waals surface area contributed by atoms with Crippen LogP contribution in [0.25, 0.3) is 0 Å². The van der Waals surface area contributed by atoms with Gasteiger partial charge in [-0.1, -0.05) is 35.3 Å². The van der Waals surface area contributed by atoms with Gasteiger partial charge in [-0.25, -0.2) is 4.98 Å². The Morgan fingerprint density at radius 2 is 2.00 bits per heavy atom. The first-order valence-electron chi connectivity index (χ1n) is 7.06. The second-order valence-corrected chi connectivity index (χ2v) is 6.07. The monoisotopic (exact) mass is 352 g/mol. The second kappa shape index (κ2) is 7.64. The Kier molecular flexibility index (Phi) is 5.82. The van der Waals surface area contributed by atoms with E-state index in [1.807, 2.05) is 13.0 Å². The summed E-state index contributed by atoms with van der Waals surface area (Å²) in [6.07, 6.45) is 0.377. The number of hydrogen-bond acceptors (Lipinski definition) is 4. The number of anilines is 1. The van der Waals surface area contributed by atoms with Gasteiger partial charge in [-0.2, -0.15) is 0 Å². The molecule has 0 aliphatic rings. The van der Waals surface area contributed by atoms with Crippen LogP contribution < -0.4 is 16.8 Å². The van der Waals surface area contributed by atoms with Crippen molar-refractivity contribution in [3.8, 4) is 0 Å². The third kappa shape index (κ3) is 4.82. The molecule has 0 spiro atoms. The average molecular weight is 353 g/mol. The van der Waals surface area contributed by atoms with Crippen molar-refractivity contribution in [3.63, 3.8) is 0 Å². The van der Waals surface area contributed by atoms with Crippen molar-refractivity contribution in [1.82, 2.24) is 10.3 Å². The largest absolute Gasteiger partial charge is 0.384 e. The van der Waals surface area contributed by atoms with E-state index in [1.165, 1.54) is 0 Å². The van der Waals surface area contributed by atoms with Gasteiger partial charge >= 0.3 is 0 Å². The summed E-state index contributed by atoms with van der Waals surface area (Å²) in [7, 11) is 0. The molecule has 0 saturated heterocycles. The molecule has 23 heavy (non-hydrogen) atoms. The van der Waals surface area contributed by atoms with Crippen molar-refractivity contribution >= 4 is 34.9 Å². The number of nitrogens with one attached hydrogen (secondary N) is 1. The van der Waals surface area contributed by atoms with Gasteiger partial charge in [0.2, 0.25) is 5.91 Å². The normalized spacial score (nSPS) is 12.0. The molecule has 2 rings (SSSR count). The van der Waals surface area contributed by atoms with Gasteiger partial charge in [0.1, 0.15) is 5.82 Å². The zero-order valence-corrected chi connectivity index (χ0v) is 14.2. The quantitative estimate of drug-likeness (QED) is 0.770. The summed E-state index contributed by atoms with van der Waals surface area (Å²) in [5.41, 5.74) is 14.1. The zero-order chi connectivity index (χ0) is 17.0. The first-order valence-corrected chi connectivity index (χ1v) is 7.81. The van der Waals surface area contributed by atoms with E-state index >= 15 is 0 Å². The number of aromatic nitrogens is 1. The number of nitrogens with two attached hydrogens (primary N) is 2. The molecule has 1 aromatic heterocycles. The van der Waals surface area contributed by atoms with Crippen LogP contribution >= 0.6 is 23.2 Å². The molecule has 5 nitrogen and oxygen atoms in total. The van der Waals surface area contributed by atoms with Crippen molar-refractivity contribution in [2.45, 2.75) is 25.9 Å². The van der Waals surface area contributed by atoms with Gasteiger partial charge in [0, 0.05) is 12.2 Å². The molecule has 1 amide bonds. The summed E-state index contributed by atoms with van der Waals surface area (Å²) in [6, 6.07) is 8.06. The van der Waals surface area contributed by atoms with Crippen LogP contribution in [-0.4, -0.2) is 16.9 Å². The first-order chi connectivity index (χ1) is 10.9. The minimum absolute atomic E-state index is 0.243. The van der Waals surface area contributed by atoms with E-state index in [9.17, 15) is 4.79 Å². The molecule has 0 aliphatic heterocycles. The predicted octanol–water partition coefficient (Wildman–Crippen LogP) is 2.47. The molecule has 0 unspecified atom stereocenters. The standard InChI is InChI=1S/C16H18Cl2N4O/c1-9-11(3-5-15(20)22-9)8-21-16(23)14(19)7-10-2-4-12(17)13(18)6-10/h2-6,14H,7-8,19H2,1H3,(H2,20,22)(H,21,23)/t14-/m0/s1. The molecule has 0 fully saturated rings. The Bertz CT molecular complexity index is 721. The molecule has 1 aromatic carbocycles. The van der Waals surface area contributed by atoms with E-state index in [0.29, 0.717) is 28.8 Å². The predicted molar refractivity (Wildman–Crippen MR) is 93.4 cm³/mol. The topological polar surface area (TPSA) is 94.0 Å². The smallest absolute Gasteiger partial charge is 0.237 e. The number of nitrogen functional groups attached to an aromatic ring is 1. The van der Waals surface area contributed by atoms with Crippen LogP contribution in [0.1, 0.15) is 16.8 Å². The third-order valence-corrected chi connectivity index (χ3v) is 4.19. The number of amides is 1. The minimum atomic E-state index is -0.672. The number of nitrogens with zero attached hydrogens (tertiary/aromatic N) is 1. The van der Waals surface area contributed by atoms with E-state index in [1.54, 1.807) is 24.3 Å². The Hall–Kier alpha value is -1.82. The van der Waals surface area contributed by atoms with Gasteiger partial charge in [-0.3, -0.25) is 4.79 Å². The van der Waals surface area contributed by atoms with E-state index in [0.717, 1.165) is 16.8 Å². The number of pyridine rings is 1. The van der Waals surface area contributed by atoms with Crippen molar-refractivity contribution in [3.05, 3.63) is 57.2 Å². The molecule has 0 saturated carbocycles. The molecule has 0 bridgehead atoms. The number of halogens is 2. The highest BCUT2D eigenvalue weighted by Crippen LogP contribution is 2.23. The maximum Gasteiger partial charge on any atom is 0.237 e. The maximum absolute atomic E-state index is 12.1. The fraction of sp³-hybridized carbons (Fsp3) is 0.250. The summed E-state index contributed by atoms with van der Waals surface area (Å²) >= 11 is 11.8. The van der Waals surface area contributed by atoms with E-state index in [4.69, 9.17) is 34.7 Å². The maximum atomic E-state index is 12.1. The summed E-state index contributed by atoms with van der Waals surface area (Å²) in [6.45, 7) is 2.19. The van der Waals surface area contributed by atoms with E-state index in [2.05, 4.69) is 10.3 Å². The molecular formula is C16H18Cl2N4O. The number of aryl methyl sites for hydroxylation is 1. The molecule has 1 atom stereocenters. The van der Waals surface area contributed by atoms with Gasteiger partial charge < -0.3 is 16.8 Å². The fourth-order valence-corrected chi connectivity index (χ4v) is 2.44. The number of carbonyl (C=O) groups is 1. The number of carbonyl (C=O) groups excluding carboxylic acids is 1. The van der Waals surface area contributed by atoms with E-state index < -0.39 is 6.04 Å². The Morgan fingerprint density at radius 1 is 1.26 bits per heavy atom. The molecule has 7 heteroatoms. The molecule has 5 N–H and O–H groups in total. The number of hydrogen-bond donors (Lipinski definition) is 3. The van der Waals surface area contributed by atoms with Gasteiger partial charge in [-0.05, 0) is 42.7 Å². The Labute approximate surface area is 145 Å². The van der Waals surface area contributed by atoms with Crippen LogP contribution in [0, 0.1) is 6.92 Å². The highest BCUT2D eigenvalue weighted by molar-refractivity contribution is 6.42. The summed E-state index contributed by atoms with van der Waals surface area (Å²) in [5, 5.41) is 3.72. The number of benzene rings is 1. The lowest BCUT2D eigenvalue weighted by Crippen LogP contribution is -2.41. The minimum Gasteiger partial charge on any atom is -0.384 e. The van der Waals surface area contributed by atoms with E-state index in [-0.39, 0.29) is 5.91 Å². The molecule has 0 aliphatic carbocycles. The third-order valence-electron chi connectivity index (χ3n) is 3.45. The van der Waals surface area contributed by atoms with Gasteiger partial charge in [0.05, 0.1) is 16.1 Å². The summed E-state index contributed by atoms with van der Waals surface area (Å²) < 4.78 is 0. The lowest BCUT2D eigenvalue weighted by atomic mass is 10.1. The Balaban J connectivity index is 1.93. The molecule has 0 radical (unpaired) electrons. The van der Waals surface area contributed by atoms with Crippen LogP contribution in [0.5, 0.6) is 0 Å². The first kappa shape index (κ1) is 17.5. The molecular weight excluding hydrogens is 335 g/mol. The van der Waals surface area contributed by atoms with Crippen molar-refractivity contribution in [2.75, 3.05) is 5.73 Å². The average Bonchev–Trinajstić information content (AvgIpc) is 2.49. The highest BCUT2D eigenvalue weighted by atomic mass is 35.5. The van der Waals surface area contributed by atoms with Crippen molar-refractivity contribution in [1.29, 1.82) is 0 Å². The van der Waals surface area contributed by atoms with Crippen LogP contribution in [0.4, 0.5) is 5.82 Å². The van der Waals surface area contributed by atoms with Gasteiger partial charge in [-0.15, -0.1) is 0 Å². The van der Waals surface area contributed by atoms with Crippen LogP contribution in [-0.2, 0) is 17.8 Å². The van der Waals surface area contributed by atoms with Crippen LogP contribution in [0.2, 0.25) is 10.0 Å². The Morgan fingerprint density at radius 3 is 2.65 bits per heavy atom. The number of rotatable bonds is 5. The SMILES string of the molecule is Cc1nc(N)ccc1CNC(=O)[C@@H](N)Cc1ccc(Cl)c(Cl)c1. The van der Waals surface area contributed by atoms with Gasteiger partial charge in [0.25, 0.3) is 0 Å². The molecule has 122 valence electrons. The molecule has 1 heterocycles.